The van der Waals surface area contributed by atoms with Gasteiger partial charge >= 0.3 is 0 Å². The molecule has 5 nitrogen and oxygen atoms in total. The van der Waals surface area contributed by atoms with Crippen molar-refractivity contribution < 1.29 is 9.59 Å². The van der Waals surface area contributed by atoms with Crippen LogP contribution in [0.15, 0.2) is 36.4 Å². The number of amides is 2. The summed E-state index contributed by atoms with van der Waals surface area (Å²) in [5.74, 6) is -0.191. The fourth-order valence-electron chi connectivity index (χ4n) is 7.83. The fourth-order valence-corrected chi connectivity index (χ4v) is 8.70. The van der Waals surface area contributed by atoms with Crippen molar-refractivity contribution in [3.63, 3.8) is 0 Å². The topological polar surface area (TPSA) is 45.0 Å². The Morgan fingerprint density at radius 1 is 0.689 bits per heavy atom. The molecule has 5 aromatic rings. The monoisotopic (exact) mass is 629 g/mol. The second kappa shape index (κ2) is 10.8. The highest BCUT2D eigenvalue weighted by Gasteiger charge is 2.38. The number of carbonyl (C=O) groups is 2. The Bertz CT molecular complexity index is 2190. The van der Waals surface area contributed by atoms with Crippen LogP contribution in [0.25, 0.3) is 47.9 Å². The second-order valence-corrected chi connectivity index (χ2v) is 13.6. The zero-order valence-electron chi connectivity index (χ0n) is 26.3. The molecule has 0 aromatic heterocycles. The third-order valence-electron chi connectivity index (χ3n) is 10.0. The first-order chi connectivity index (χ1) is 21.7. The minimum atomic E-state index is -0.134. The Morgan fingerprint density at radius 3 is 1.64 bits per heavy atom. The molecule has 7 heteroatoms. The van der Waals surface area contributed by atoms with E-state index in [4.69, 9.17) is 31.0 Å². The number of hydrogen-bond donors (Lipinski definition) is 0. The van der Waals surface area contributed by atoms with Gasteiger partial charge in [-0.05, 0) is 83.6 Å². The SMILES string of the molecule is [C-]#[N+]c1cc2c3c(ccc4c5c(C)cc6c7c(ccc(c1c34)c75)C(=S)N([C@@H](C)CCCC)C6=O)C(=S)N([C@@H](C)CCCC)C2=O. The van der Waals surface area contributed by atoms with E-state index in [2.05, 4.69) is 51.6 Å². The lowest BCUT2D eigenvalue weighted by molar-refractivity contribution is 0.0799. The summed E-state index contributed by atoms with van der Waals surface area (Å²) >= 11 is 12.0. The summed E-state index contributed by atoms with van der Waals surface area (Å²) in [5.41, 5.74) is 4.35. The minimum Gasteiger partial charge on any atom is -0.296 e. The number of thiocarbonyl (C=S) groups is 2. The van der Waals surface area contributed by atoms with E-state index in [1.54, 1.807) is 15.9 Å². The summed E-state index contributed by atoms with van der Waals surface area (Å²) in [6.07, 6.45) is 5.88. The number of unbranched alkanes of at least 4 members (excludes halogenated alkanes) is 2. The molecule has 0 unspecified atom stereocenters. The number of fused-ring (bicyclic) bond motifs is 2. The Hall–Kier alpha value is -3.99. The van der Waals surface area contributed by atoms with Crippen LogP contribution in [0.4, 0.5) is 5.69 Å². The molecule has 2 aliphatic rings. The summed E-state index contributed by atoms with van der Waals surface area (Å²) < 4.78 is 0. The van der Waals surface area contributed by atoms with Crippen LogP contribution in [-0.4, -0.2) is 43.7 Å². The number of nitrogens with zero attached hydrogens (tertiary/aromatic N) is 3. The van der Waals surface area contributed by atoms with Crippen molar-refractivity contribution >= 4 is 95.0 Å². The first-order valence-electron chi connectivity index (χ1n) is 16.0. The van der Waals surface area contributed by atoms with Gasteiger partial charge in [0.15, 0.2) is 5.69 Å². The van der Waals surface area contributed by atoms with Crippen LogP contribution < -0.4 is 0 Å². The van der Waals surface area contributed by atoms with Crippen LogP contribution in [-0.2, 0) is 0 Å². The van der Waals surface area contributed by atoms with Crippen LogP contribution in [0.2, 0.25) is 0 Å². The molecule has 0 bridgehead atoms. The lowest BCUT2D eigenvalue weighted by Crippen LogP contribution is -2.45. The van der Waals surface area contributed by atoms with E-state index in [-0.39, 0.29) is 23.9 Å². The summed E-state index contributed by atoms with van der Waals surface area (Å²) in [7, 11) is 0. The van der Waals surface area contributed by atoms with Gasteiger partial charge in [-0.15, -0.1) is 0 Å². The van der Waals surface area contributed by atoms with Crippen LogP contribution in [0.1, 0.15) is 104 Å². The molecule has 0 aliphatic carbocycles. The van der Waals surface area contributed by atoms with Crippen LogP contribution in [0, 0.1) is 13.5 Å². The maximum atomic E-state index is 14.2. The maximum absolute atomic E-state index is 14.2. The molecule has 2 aliphatic heterocycles. The van der Waals surface area contributed by atoms with Gasteiger partial charge in [-0.3, -0.25) is 19.4 Å². The second-order valence-electron chi connectivity index (χ2n) is 12.8. The van der Waals surface area contributed by atoms with E-state index in [9.17, 15) is 9.59 Å². The van der Waals surface area contributed by atoms with E-state index < -0.39 is 0 Å². The lowest BCUT2D eigenvalue weighted by atomic mass is 9.80. The van der Waals surface area contributed by atoms with Crippen molar-refractivity contribution in [2.75, 3.05) is 0 Å². The van der Waals surface area contributed by atoms with Gasteiger partial charge in [0.05, 0.1) is 6.57 Å². The van der Waals surface area contributed by atoms with Gasteiger partial charge in [0.25, 0.3) is 11.8 Å². The summed E-state index contributed by atoms with van der Waals surface area (Å²) in [4.78, 5) is 37.0. The van der Waals surface area contributed by atoms with Gasteiger partial charge in [-0.25, -0.2) is 4.85 Å². The quantitative estimate of drug-likeness (QED) is 0.0742. The smallest absolute Gasteiger partial charge is 0.259 e. The molecular formula is C38H35N3O2S2. The highest BCUT2D eigenvalue weighted by atomic mass is 32.1. The Labute approximate surface area is 274 Å². The lowest BCUT2D eigenvalue weighted by Gasteiger charge is -2.36. The molecule has 226 valence electrons. The Balaban J connectivity index is 1.56. The molecule has 0 spiro atoms. The van der Waals surface area contributed by atoms with E-state index in [0.29, 0.717) is 26.8 Å². The maximum Gasteiger partial charge on any atom is 0.259 e. The third-order valence-corrected chi connectivity index (χ3v) is 10.9. The first kappa shape index (κ1) is 29.7. The van der Waals surface area contributed by atoms with E-state index in [1.807, 2.05) is 18.2 Å². The van der Waals surface area contributed by atoms with E-state index in [0.717, 1.165) is 98.3 Å². The van der Waals surface area contributed by atoms with Gasteiger partial charge < -0.3 is 0 Å². The average Bonchev–Trinajstić information content (AvgIpc) is 3.03. The Morgan fingerprint density at radius 2 is 1.16 bits per heavy atom. The minimum absolute atomic E-state index is 0.00285. The predicted molar refractivity (Wildman–Crippen MR) is 192 cm³/mol. The molecular weight excluding hydrogens is 595 g/mol. The predicted octanol–water partition coefficient (Wildman–Crippen LogP) is 10.0. The van der Waals surface area contributed by atoms with E-state index >= 15 is 0 Å². The van der Waals surface area contributed by atoms with Crippen LogP contribution in [0.5, 0.6) is 0 Å². The molecule has 45 heavy (non-hydrogen) atoms. The van der Waals surface area contributed by atoms with Crippen molar-refractivity contribution in [3.8, 4) is 0 Å². The van der Waals surface area contributed by atoms with Crippen molar-refractivity contribution in [2.45, 2.75) is 85.2 Å². The van der Waals surface area contributed by atoms with Crippen molar-refractivity contribution in [1.29, 1.82) is 0 Å². The normalized spacial score (nSPS) is 16.1. The molecule has 0 saturated heterocycles. The first-order valence-corrected chi connectivity index (χ1v) is 16.9. The fraction of sp³-hybridized carbons (Fsp3) is 0.342. The molecule has 0 N–H and O–H groups in total. The number of carbonyl (C=O) groups excluding carboxylic acids is 2. The third kappa shape index (κ3) is 4.01. The van der Waals surface area contributed by atoms with Gasteiger partial charge in [-0.2, -0.15) is 0 Å². The number of aryl methyl sites for hydroxylation is 1. The molecule has 2 atom stereocenters. The highest BCUT2D eigenvalue weighted by Crippen LogP contribution is 2.50. The van der Waals surface area contributed by atoms with Gasteiger partial charge in [-0.1, -0.05) is 88.2 Å². The van der Waals surface area contributed by atoms with Crippen LogP contribution >= 0.6 is 24.4 Å². The molecule has 0 radical (unpaired) electrons. The zero-order chi connectivity index (χ0) is 31.9. The van der Waals surface area contributed by atoms with Crippen molar-refractivity contribution in [3.05, 3.63) is 75.6 Å². The average molecular weight is 630 g/mol. The van der Waals surface area contributed by atoms with Crippen LogP contribution in [0.3, 0.4) is 0 Å². The number of benzene rings is 5. The highest BCUT2D eigenvalue weighted by molar-refractivity contribution is 7.81. The van der Waals surface area contributed by atoms with Crippen molar-refractivity contribution in [2.24, 2.45) is 0 Å². The summed E-state index contributed by atoms with van der Waals surface area (Å²) in [6, 6.07) is 12.0. The molecule has 7 rings (SSSR count). The molecule has 0 saturated carbocycles. The zero-order valence-corrected chi connectivity index (χ0v) is 28.0. The van der Waals surface area contributed by atoms with Gasteiger partial charge in [0, 0.05) is 45.1 Å². The number of hydrogen-bond acceptors (Lipinski definition) is 4. The van der Waals surface area contributed by atoms with Gasteiger partial charge in [0.1, 0.15) is 9.98 Å². The standard InChI is InChI=1S/C38H35N3O2S2/c1-7-9-11-20(4)40-35(42)26-17-19(3)29-22-13-15-25-31-27(36(43)41(38(25)45)21(5)12-10-8-2)18-28(39-6)32(34(22)31)23-14-16-24(37(40)44)30(26)33(23)29/h13-18,20-21H,7-12H2,1-5H3/t20-,21-/m0/s1. The van der Waals surface area contributed by atoms with Crippen molar-refractivity contribution in [1.82, 2.24) is 9.80 Å². The molecule has 2 amide bonds. The molecule has 0 fully saturated rings. The Kier molecular flexibility index (Phi) is 7.14. The summed E-state index contributed by atoms with van der Waals surface area (Å²) in [6.45, 7) is 18.8. The summed E-state index contributed by atoms with van der Waals surface area (Å²) in [5, 5.41) is 7.23. The van der Waals surface area contributed by atoms with E-state index in [1.165, 1.54) is 0 Å². The number of rotatable bonds is 8. The largest absolute Gasteiger partial charge is 0.296 e. The molecule has 5 aromatic carbocycles. The molecule has 2 heterocycles. The van der Waals surface area contributed by atoms with Gasteiger partial charge in [0.2, 0.25) is 0 Å².